The van der Waals surface area contributed by atoms with E-state index in [-0.39, 0.29) is 16.6 Å². The van der Waals surface area contributed by atoms with Gasteiger partial charge in [-0.15, -0.1) is 0 Å². The average Bonchev–Trinajstić information content (AvgIpc) is 3.22. The van der Waals surface area contributed by atoms with E-state index in [2.05, 4.69) is 0 Å². The van der Waals surface area contributed by atoms with E-state index in [1.165, 1.54) is 26.7 Å². The minimum Gasteiger partial charge on any atom is -0.495 e. The summed E-state index contributed by atoms with van der Waals surface area (Å²) in [6.45, 7) is 0. The summed E-state index contributed by atoms with van der Waals surface area (Å²) in [5.74, 6) is -0.532. The van der Waals surface area contributed by atoms with Crippen LogP contribution >= 0.6 is 0 Å². The van der Waals surface area contributed by atoms with Crippen molar-refractivity contribution >= 4 is 15.8 Å². The van der Waals surface area contributed by atoms with Crippen LogP contribution in [-0.4, -0.2) is 33.9 Å². The molecule has 0 aliphatic heterocycles. The van der Waals surface area contributed by atoms with E-state index in [0.29, 0.717) is 29.7 Å². The molecule has 1 aliphatic rings. The standard InChI is InChI=1S/C20H24O6S/c1-24-19-17(14-10-11-26-12-14)9-8-15(18(19)20(21)25-2)13-27(22,23)16-6-4-3-5-7-16/h8-12,16H,3-7,13H2,1-2H3. The maximum absolute atomic E-state index is 12.9. The van der Waals surface area contributed by atoms with Gasteiger partial charge in [-0.3, -0.25) is 0 Å². The summed E-state index contributed by atoms with van der Waals surface area (Å²) in [7, 11) is -0.655. The molecule has 0 spiro atoms. The van der Waals surface area contributed by atoms with Gasteiger partial charge in [0.15, 0.2) is 9.84 Å². The molecule has 0 atom stereocenters. The van der Waals surface area contributed by atoms with E-state index in [0.717, 1.165) is 24.8 Å². The van der Waals surface area contributed by atoms with Crippen LogP contribution in [0.1, 0.15) is 48.0 Å². The lowest BCUT2D eigenvalue weighted by Crippen LogP contribution is -2.26. The molecule has 1 fully saturated rings. The zero-order valence-electron chi connectivity index (χ0n) is 15.6. The Hall–Kier alpha value is -2.28. The maximum Gasteiger partial charge on any atom is 0.341 e. The lowest BCUT2D eigenvalue weighted by Gasteiger charge is -2.23. The van der Waals surface area contributed by atoms with Crippen molar-refractivity contribution in [3.05, 3.63) is 41.9 Å². The van der Waals surface area contributed by atoms with Gasteiger partial charge in [-0.25, -0.2) is 13.2 Å². The summed E-state index contributed by atoms with van der Waals surface area (Å²) in [5, 5.41) is -0.351. The molecule has 0 saturated heterocycles. The Morgan fingerprint density at radius 2 is 1.89 bits per heavy atom. The second kappa shape index (κ2) is 8.17. The molecule has 0 bridgehead atoms. The molecule has 7 heteroatoms. The van der Waals surface area contributed by atoms with Gasteiger partial charge in [0.1, 0.15) is 11.3 Å². The number of furan rings is 1. The highest BCUT2D eigenvalue weighted by Crippen LogP contribution is 2.37. The van der Waals surface area contributed by atoms with E-state index < -0.39 is 15.8 Å². The van der Waals surface area contributed by atoms with Crippen molar-refractivity contribution in [1.82, 2.24) is 0 Å². The van der Waals surface area contributed by atoms with Crippen molar-refractivity contribution in [2.24, 2.45) is 0 Å². The molecule has 1 aliphatic carbocycles. The minimum absolute atomic E-state index is 0.151. The lowest BCUT2D eigenvalue weighted by atomic mass is 9.99. The molecule has 1 aromatic carbocycles. The monoisotopic (exact) mass is 392 g/mol. The number of methoxy groups -OCH3 is 2. The quantitative estimate of drug-likeness (QED) is 0.691. The second-order valence-corrected chi connectivity index (χ2v) is 9.03. The number of ether oxygens (including phenoxy) is 2. The van der Waals surface area contributed by atoms with E-state index >= 15 is 0 Å². The maximum atomic E-state index is 12.9. The number of sulfone groups is 1. The highest BCUT2D eigenvalue weighted by molar-refractivity contribution is 7.91. The van der Waals surface area contributed by atoms with Gasteiger partial charge in [-0.05, 0) is 24.5 Å². The van der Waals surface area contributed by atoms with Gasteiger partial charge >= 0.3 is 5.97 Å². The molecule has 1 saturated carbocycles. The smallest absolute Gasteiger partial charge is 0.341 e. The summed E-state index contributed by atoms with van der Waals surface area (Å²) in [4.78, 5) is 12.5. The first kappa shape index (κ1) is 19.5. The van der Waals surface area contributed by atoms with Gasteiger partial charge in [-0.1, -0.05) is 31.4 Å². The molecule has 0 amide bonds. The van der Waals surface area contributed by atoms with E-state index in [9.17, 15) is 13.2 Å². The summed E-state index contributed by atoms with van der Waals surface area (Å²) in [6, 6.07) is 5.16. The largest absolute Gasteiger partial charge is 0.495 e. The van der Waals surface area contributed by atoms with Gasteiger partial charge < -0.3 is 13.9 Å². The fourth-order valence-corrected chi connectivity index (χ4v) is 5.65. The first-order chi connectivity index (χ1) is 13.0. The van der Waals surface area contributed by atoms with Crippen LogP contribution in [0.15, 0.2) is 35.1 Å². The highest BCUT2D eigenvalue weighted by Gasteiger charge is 2.31. The predicted octanol–water partition coefficient (Wildman–Crippen LogP) is 3.99. The van der Waals surface area contributed by atoms with Gasteiger partial charge in [0.2, 0.25) is 0 Å². The van der Waals surface area contributed by atoms with Crippen LogP contribution in [-0.2, 0) is 20.3 Å². The Morgan fingerprint density at radius 1 is 1.15 bits per heavy atom. The Kier molecular flexibility index (Phi) is 5.89. The molecule has 1 aromatic heterocycles. The fourth-order valence-electron chi connectivity index (χ4n) is 3.69. The normalized spacial score (nSPS) is 15.5. The van der Waals surface area contributed by atoms with Crippen LogP contribution in [0, 0.1) is 0 Å². The molecule has 0 unspecified atom stereocenters. The van der Waals surface area contributed by atoms with Gasteiger partial charge in [0, 0.05) is 11.1 Å². The topological polar surface area (TPSA) is 82.8 Å². The lowest BCUT2D eigenvalue weighted by molar-refractivity contribution is 0.0596. The molecule has 0 N–H and O–H groups in total. The molecule has 1 heterocycles. The summed E-state index contributed by atoms with van der Waals surface area (Å²) < 4.78 is 41.4. The van der Waals surface area contributed by atoms with Crippen LogP contribution in [0.2, 0.25) is 0 Å². The number of hydrogen-bond acceptors (Lipinski definition) is 6. The molecular formula is C20H24O6S. The Bertz CT molecular complexity index is 893. The Morgan fingerprint density at radius 3 is 2.48 bits per heavy atom. The van der Waals surface area contributed by atoms with Crippen LogP contribution < -0.4 is 4.74 Å². The van der Waals surface area contributed by atoms with Gasteiger partial charge in [0.25, 0.3) is 0 Å². The van der Waals surface area contributed by atoms with Crippen molar-refractivity contribution < 1.29 is 27.1 Å². The molecule has 6 nitrogen and oxygen atoms in total. The molecule has 27 heavy (non-hydrogen) atoms. The summed E-state index contributed by atoms with van der Waals surface area (Å²) in [6.07, 6.45) is 7.35. The van der Waals surface area contributed by atoms with Crippen molar-refractivity contribution in [3.63, 3.8) is 0 Å². The summed E-state index contributed by atoms with van der Waals surface area (Å²) in [5.41, 5.74) is 1.93. The first-order valence-corrected chi connectivity index (χ1v) is 10.7. The highest BCUT2D eigenvalue weighted by atomic mass is 32.2. The molecule has 3 rings (SSSR count). The van der Waals surface area contributed by atoms with E-state index in [4.69, 9.17) is 13.9 Å². The third kappa shape index (κ3) is 4.03. The summed E-state index contributed by atoms with van der Waals surface area (Å²) >= 11 is 0. The number of esters is 1. The number of hydrogen-bond donors (Lipinski definition) is 0. The molecule has 2 aromatic rings. The first-order valence-electron chi connectivity index (χ1n) is 9.00. The third-order valence-corrected chi connectivity index (χ3v) is 7.29. The van der Waals surface area contributed by atoms with Gasteiger partial charge in [-0.2, -0.15) is 0 Å². The van der Waals surface area contributed by atoms with Gasteiger partial charge in [0.05, 0.1) is 37.7 Å². The Labute approximate surface area is 159 Å². The van der Waals surface area contributed by atoms with Crippen LogP contribution in [0.3, 0.4) is 0 Å². The number of carbonyl (C=O) groups excluding carboxylic acids is 1. The van der Waals surface area contributed by atoms with E-state index in [1.54, 1.807) is 18.2 Å². The number of rotatable bonds is 6. The van der Waals surface area contributed by atoms with Crippen molar-refractivity contribution in [1.29, 1.82) is 0 Å². The molecular weight excluding hydrogens is 368 g/mol. The number of carbonyl (C=O) groups is 1. The third-order valence-electron chi connectivity index (χ3n) is 5.09. The van der Waals surface area contributed by atoms with Crippen molar-refractivity contribution in [2.75, 3.05) is 14.2 Å². The Balaban J connectivity index is 2.05. The minimum atomic E-state index is -3.37. The zero-order chi connectivity index (χ0) is 19.4. The second-order valence-electron chi connectivity index (χ2n) is 6.75. The molecule has 0 radical (unpaired) electrons. The van der Waals surface area contributed by atoms with Crippen molar-refractivity contribution in [2.45, 2.75) is 43.1 Å². The van der Waals surface area contributed by atoms with Crippen molar-refractivity contribution in [3.8, 4) is 16.9 Å². The van der Waals surface area contributed by atoms with Crippen LogP contribution in [0.25, 0.3) is 11.1 Å². The molecule has 146 valence electrons. The average molecular weight is 392 g/mol. The van der Waals surface area contributed by atoms with Crippen LogP contribution in [0.5, 0.6) is 5.75 Å². The SMILES string of the molecule is COC(=O)c1c(CS(=O)(=O)C2CCCCC2)ccc(-c2ccoc2)c1OC. The zero-order valence-corrected chi connectivity index (χ0v) is 16.4. The van der Waals surface area contributed by atoms with E-state index in [1.807, 2.05) is 0 Å². The number of benzene rings is 1. The van der Waals surface area contributed by atoms with Crippen LogP contribution in [0.4, 0.5) is 0 Å². The fraction of sp³-hybridized carbons (Fsp3) is 0.450. The predicted molar refractivity (Wildman–Crippen MR) is 102 cm³/mol.